The molecule has 4 rings (SSSR count). The summed E-state index contributed by atoms with van der Waals surface area (Å²) >= 11 is 0. The van der Waals surface area contributed by atoms with Crippen molar-refractivity contribution in [3.05, 3.63) is 41.0 Å². The maximum Gasteiger partial charge on any atom is 0.275 e. The van der Waals surface area contributed by atoms with Crippen molar-refractivity contribution in [1.29, 1.82) is 0 Å². The Kier molecular flexibility index (Phi) is 3.10. The van der Waals surface area contributed by atoms with E-state index >= 15 is 0 Å². The second-order valence-corrected chi connectivity index (χ2v) is 5.96. The van der Waals surface area contributed by atoms with Crippen molar-refractivity contribution in [3.63, 3.8) is 0 Å². The van der Waals surface area contributed by atoms with E-state index in [4.69, 9.17) is 4.74 Å². The molecule has 0 saturated heterocycles. The topological polar surface area (TPSA) is 71.1 Å². The van der Waals surface area contributed by atoms with Crippen molar-refractivity contribution in [2.24, 2.45) is 0 Å². The summed E-state index contributed by atoms with van der Waals surface area (Å²) in [4.78, 5) is 18.8. The van der Waals surface area contributed by atoms with Gasteiger partial charge in [0.25, 0.3) is 5.91 Å². The van der Waals surface area contributed by atoms with Gasteiger partial charge in [-0.25, -0.2) is 0 Å². The van der Waals surface area contributed by atoms with E-state index in [0.717, 1.165) is 35.4 Å². The van der Waals surface area contributed by atoms with Crippen LogP contribution in [0, 0.1) is 0 Å². The molecule has 1 unspecified atom stereocenters. The molecule has 1 atom stereocenters. The fraction of sp³-hybridized carbons (Fsp3) is 0.438. The van der Waals surface area contributed by atoms with E-state index < -0.39 is 0 Å². The molecule has 0 spiro atoms. The van der Waals surface area contributed by atoms with Crippen LogP contribution in [0.1, 0.15) is 46.6 Å². The lowest BCUT2D eigenvalue weighted by molar-refractivity contribution is 0.0726. The van der Waals surface area contributed by atoms with Crippen molar-refractivity contribution in [1.82, 2.24) is 20.1 Å². The summed E-state index contributed by atoms with van der Waals surface area (Å²) in [6.45, 7) is 3.73. The fourth-order valence-electron chi connectivity index (χ4n) is 3.27. The van der Waals surface area contributed by atoms with Gasteiger partial charge in [-0.1, -0.05) is 6.92 Å². The molecule has 6 heteroatoms. The van der Waals surface area contributed by atoms with Crippen LogP contribution in [0.25, 0.3) is 0 Å². The highest BCUT2D eigenvalue weighted by atomic mass is 16.5. The second kappa shape index (κ2) is 5.12. The number of aromatic nitrogens is 3. The number of aromatic amines is 1. The van der Waals surface area contributed by atoms with Gasteiger partial charge < -0.3 is 9.64 Å². The highest BCUT2D eigenvalue weighted by Crippen LogP contribution is 2.33. The first kappa shape index (κ1) is 13.3. The van der Waals surface area contributed by atoms with Gasteiger partial charge in [0.05, 0.1) is 13.1 Å². The largest absolute Gasteiger partial charge is 0.491 e. The first-order valence-corrected chi connectivity index (χ1v) is 7.66. The normalized spacial score (nSPS) is 20.0. The van der Waals surface area contributed by atoms with Crippen LogP contribution in [0.5, 0.6) is 5.75 Å². The Morgan fingerprint density at radius 3 is 3.32 bits per heavy atom. The monoisotopic (exact) mass is 298 g/mol. The van der Waals surface area contributed by atoms with Crippen molar-refractivity contribution in [2.75, 3.05) is 13.2 Å². The van der Waals surface area contributed by atoms with Gasteiger partial charge in [-0.05, 0) is 24.8 Å². The number of amides is 1. The molecule has 1 aliphatic heterocycles. The number of hydrogen-bond acceptors (Lipinski definition) is 4. The van der Waals surface area contributed by atoms with Crippen LogP contribution in [-0.4, -0.2) is 39.1 Å². The summed E-state index contributed by atoms with van der Waals surface area (Å²) in [6.07, 6.45) is 5.48. The Balaban J connectivity index is 1.62. The Hall–Kier alpha value is -2.37. The van der Waals surface area contributed by atoms with Crippen LogP contribution >= 0.6 is 0 Å². The summed E-state index contributed by atoms with van der Waals surface area (Å²) < 4.78 is 5.69. The quantitative estimate of drug-likeness (QED) is 0.872. The highest BCUT2D eigenvalue weighted by Gasteiger charge is 2.30. The molecule has 2 aliphatic rings. The summed E-state index contributed by atoms with van der Waals surface area (Å²) in [6, 6.07) is 1.84. The van der Waals surface area contributed by atoms with Gasteiger partial charge in [-0.3, -0.25) is 14.9 Å². The van der Waals surface area contributed by atoms with Gasteiger partial charge in [0.2, 0.25) is 0 Å². The maximum atomic E-state index is 12.9. The third-order valence-corrected chi connectivity index (χ3v) is 4.55. The first-order valence-electron chi connectivity index (χ1n) is 7.66. The predicted molar refractivity (Wildman–Crippen MR) is 79.8 cm³/mol. The van der Waals surface area contributed by atoms with Crippen molar-refractivity contribution >= 4 is 5.91 Å². The standard InChI is InChI=1S/C16H18N4O2/c1-10-2-3-12-14(10)18-19-15(12)16(21)20-6-7-22-13-4-5-17-8-11(13)9-20/h4-5,8,10H,2-3,6-7,9H2,1H3,(H,18,19). The van der Waals surface area contributed by atoms with Crippen LogP contribution in [-0.2, 0) is 13.0 Å². The van der Waals surface area contributed by atoms with Crippen LogP contribution in [0.3, 0.4) is 0 Å². The first-order chi connectivity index (χ1) is 10.7. The Bertz CT molecular complexity index is 725. The lowest BCUT2D eigenvalue weighted by atomic mass is 10.1. The molecule has 0 saturated carbocycles. The highest BCUT2D eigenvalue weighted by molar-refractivity contribution is 5.94. The maximum absolute atomic E-state index is 12.9. The third kappa shape index (κ3) is 2.06. The van der Waals surface area contributed by atoms with Crippen LogP contribution in [0.4, 0.5) is 0 Å². The molecule has 0 radical (unpaired) electrons. The van der Waals surface area contributed by atoms with E-state index in [-0.39, 0.29) is 5.91 Å². The molecule has 1 aliphatic carbocycles. The molecule has 1 N–H and O–H groups in total. The zero-order valence-electron chi connectivity index (χ0n) is 12.5. The van der Waals surface area contributed by atoms with Gasteiger partial charge in [0, 0.05) is 29.2 Å². The molecule has 6 nitrogen and oxygen atoms in total. The molecule has 2 aromatic heterocycles. The lowest BCUT2D eigenvalue weighted by Crippen LogP contribution is -2.33. The molecule has 0 aromatic carbocycles. The number of carbonyl (C=O) groups excluding carboxylic acids is 1. The molecule has 22 heavy (non-hydrogen) atoms. The molecule has 3 heterocycles. The van der Waals surface area contributed by atoms with Crippen LogP contribution in [0.15, 0.2) is 18.5 Å². The Labute approximate surface area is 128 Å². The van der Waals surface area contributed by atoms with E-state index in [0.29, 0.717) is 31.3 Å². The molecular formula is C16H18N4O2. The third-order valence-electron chi connectivity index (χ3n) is 4.55. The summed E-state index contributed by atoms with van der Waals surface area (Å²) in [5.74, 6) is 1.25. The zero-order chi connectivity index (χ0) is 15.1. The van der Waals surface area contributed by atoms with Gasteiger partial charge >= 0.3 is 0 Å². The van der Waals surface area contributed by atoms with E-state index in [1.807, 2.05) is 6.07 Å². The van der Waals surface area contributed by atoms with Crippen LogP contribution < -0.4 is 4.74 Å². The van der Waals surface area contributed by atoms with Gasteiger partial charge in [-0.15, -0.1) is 0 Å². The number of nitrogens with one attached hydrogen (secondary N) is 1. The number of fused-ring (bicyclic) bond motifs is 2. The fourth-order valence-corrected chi connectivity index (χ4v) is 3.27. The lowest BCUT2D eigenvalue weighted by Gasteiger charge is -2.18. The van der Waals surface area contributed by atoms with Crippen LogP contribution in [0.2, 0.25) is 0 Å². The molecule has 0 fully saturated rings. The molecular weight excluding hydrogens is 280 g/mol. The SMILES string of the molecule is CC1CCc2c(C(=O)N3CCOc4ccncc4C3)n[nH]c21. The molecule has 0 bridgehead atoms. The van der Waals surface area contributed by atoms with E-state index in [9.17, 15) is 4.79 Å². The Morgan fingerprint density at radius 1 is 1.50 bits per heavy atom. The number of ether oxygens (including phenoxy) is 1. The number of pyridine rings is 1. The molecule has 1 amide bonds. The van der Waals surface area contributed by atoms with Crippen molar-refractivity contribution < 1.29 is 9.53 Å². The van der Waals surface area contributed by atoms with Crippen molar-refractivity contribution in [2.45, 2.75) is 32.2 Å². The average Bonchev–Trinajstić information content (AvgIpc) is 3.03. The average molecular weight is 298 g/mol. The second-order valence-electron chi connectivity index (χ2n) is 5.96. The summed E-state index contributed by atoms with van der Waals surface area (Å²) in [7, 11) is 0. The van der Waals surface area contributed by atoms with Gasteiger partial charge in [0.1, 0.15) is 12.4 Å². The summed E-state index contributed by atoms with van der Waals surface area (Å²) in [5.41, 5.74) is 3.73. The number of nitrogens with zero attached hydrogens (tertiary/aromatic N) is 3. The number of H-pyrrole nitrogens is 1. The van der Waals surface area contributed by atoms with Crippen molar-refractivity contribution in [3.8, 4) is 5.75 Å². The molecule has 2 aromatic rings. The molecule has 114 valence electrons. The summed E-state index contributed by atoms with van der Waals surface area (Å²) in [5, 5.41) is 7.33. The van der Waals surface area contributed by atoms with Gasteiger partial charge in [0.15, 0.2) is 5.69 Å². The predicted octanol–water partition coefficient (Wildman–Crippen LogP) is 1.89. The number of carbonyl (C=O) groups is 1. The minimum absolute atomic E-state index is 0.0214. The smallest absolute Gasteiger partial charge is 0.275 e. The van der Waals surface area contributed by atoms with E-state index in [1.165, 1.54) is 0 Å². The van der Waals surface area contributed by atoms with E-state index in [1.54, 1.807) is 17.3 Å². The minimum Gasteiger partial charge on any atom is -0.491 e. The zero-order valence-corrected chi connectivity index (χ0v) is 12.5. The van der Waals surface area contributed by atoms with Gasteiger partial charge in [-0.2, -0.15) is 5.10 Å². The number of rotatable bonds is 1. The number of hydrogen-bond donors (Lipinski definition) is 1. The van der Waals surface area contributed by atoms with E-state index in [2.05, 4.69) is 22.1 Å². The Morgan fingerprint density at radius 2 is 2.41 bits per heavy atom. The minimum atomic E-state index is -0.0214.